The molecule has 2 aromatic rings. The second-order valence-corrected chi connectivity index (χ2v) is 11.1. The third-order valence-electron chi connectivity index (χ3n) is 7.27. The molecule has 7 nitrogen and oxygen atoms in total. The third kappa shape index (κ3) is 4.32. The minimum absolute atomic E-state index is 0.00440. The van der Waals surface area contributed by atoms with E-state index in [0.29, 0.717) is 22.5 Å². The molecule has 194 valence electrons. The molecule has 0 atom stereocenters. The van der Waals surface area contributed by atoms with Crippen molar-refractivity contribution >= 4 is 28.6 Å². The molecule has 4 aliphatic rings. The molecule has 3 aliphatic heterocycles. The fourth-order valence-corrected chi connectivity index (χ4v) is 5.09. The van der Waals surface area contributed by atoms with E-state index in [1.807, 2.05) is 36.4 Å². The number of ether oxygens (including phenoxy) is 1. The molecule has 2 saturated heterocycles. The van der Waals surface area contributed by atoms with Gasteiger partial charge in [0.25, 0.3) is 0 Å². The Bertz CT molecular complexity index is 1630. The maximum atomic E-state index is 13.0. The molecule has 0 spiro atoms. The first-order chi connectivity index (χ1) is 18.2. The summed E-state index contributed by atoms with van der Waals surface area (Å²) in [6, 6.07) is 16.6. The quantitative estimate of drug-likeness (QED) is 0.235. The molecule has 2 aromatic carbocycles. The van der Waals surface area contributed by atoms with Crippen molar-refractivity contribution in [2.75, 3.05) is 31.1 Å². The molecular formula is C31H30N2O5. The Morgan fingerprint density at radius 2 is 1.74 bits per heavy atom. The van der Waals surface area contributed by atoms with Gasteiger partial charge in [-0.15, -0.1) is 0 Å². The van der Waals surface area contributed by atoms with E-state index >= 15 is 0 Å². The summed E-state index contributed by atoms with van der Waals surface area (Å²) in [6.07, 6.45) is 2.31. The van der Waals surface area contributed by atoms with Crippen molar-refractivity contribution in [1.29, 1.82) is 0 Å². The van der Waals surface area contributed by atoms with Gasteiger partial charge in [-0.05, 0) is 63.1 Å². The summed E-state index contributed by atoms with van der Waals surface area (Å²) in [5.41, 5.74) is 3.17. The van der Waals surface area contributed by atoms with E-state index < -0.39 is 17.5 Å². The lowest BCUT2D eigenvalue weighted by atomic mass is 9.89. The summed E-state index contributed by atoms with van der Waals surface area (Å²) in [4.78, 5) is 27.5. The SMILES string of the molecule is CC(C)(C)OC(=O)c1ccc(C(=O)[O-])c(-c2c3ccc(=[N+]4CCC4)cc-3oc3cc(N4CCC4)ccc23)c1. The fourth-order valence-electron chi connectivity index (χ4n) is 5.09. The Labute approximate surface area is 220 Å². The lowest BCUT2D eigenvalue weighted by molar-refractivity contribution is -0.254. The molecule has 0 amide bonds. The van der Waals surface area contributed by atoms with E-state index in [0.717, 1.165) is 61.0 Å². The van der Waals surface area contributed by atoms with E-state index in [-0.39, 0.29) is 11.1 Å². The van der Waals surface area contributed by atoms with Gasteiger partial charge in [-0.2, -0.15) is 0 Å². The van der Waals surface area contributed by atoms with Gasteiger partial charge in [-0.25, -0.2) is 9.37 Å². The van der Waals surface area contributed by atoms with Crippen molar-refractivity contribution < 1.29 is 23.8 Å². The van der Waals surface area contributed by atoms with Crippen LogP contribution < -0.4 is 19.9 Å². The maximum Gasteiger partial charge on any atom is 0.338 e. The number of esters is 1. The second-order valence-electron chi connectivity index (χ2n) is 11.1. The van der Waals surface area contributed by atoms with Crippen molar-refractivity contribution in [3.8, 4) is 22.5 Å². The highest BCUT2D eigenvalue weighted by atomic mass is 16.6. The topological polar surface area (TPSA) is 85.8 Å². The molecule has 0 saturated carbocycles. The van der Waals surface area contributed by atoms with Gasteiger partial charge in [-0.3, -0.25) is 0 Å². The zero-order valence-electron chi connectivity index (χ0n) is 21.9. The van der Waals surface area contributed by atoms with E-state index in [2.05, 4.69) is 9.48 Å². The second kappa shape index (κ2) is 9.01. The van der Waals surface area contributed by atoms with Gasteiger partial charge >= 0.3 is 5.97 Å². The van der Waals surface area contributed by atoms with Crippen LogP contribution in [0.15, 0.2) is 59.0 Å². The smallest absolute Gasteiger partial charge is 0.338 e. The molecule has 2 fully saturated rings. The molecule has 1 aliphatic carbocycles. The van der Waals surface area contributed by atoms with Crippen LogP contribution in [0.25, 0.3) is 33.4 Å². The zero-order valence-corrected chi connectivity index (χ0v) is 21.9. The normalized spacial score (nSPS) is 15.3. The van der Waals surface area contributed by atoms with E-state index in [1.165, 1.54) is 12.1 Å². The molecule has 3 heterocycles. The summed E-state index contributed by atoms with van der Waals surface area (Å²) in [5.74, 6) is -1.17. The van der Waals surface area contributed by atoms with Crippen LogP contribution in [0.3, 0.4) is 0 Å². The van der Waals surface area contributed by atoms with Crippen molar-refractivity contribution in [2.45, 2.75) is 39.2 Å². The summed E-state index contributed by atoms with van der Waals surface area (Å²) in [7, 11) is 0. The van der Waals surface area contributed by atoms with Crippen LogP contribution in [0.1, 0.15) is 54.3 Å². The van der Waals surface area contributed by atoms with Crippen LogP contribution in [-0.2, 0) is 4.74 Å². The number of fused-ring (bicyclic) bond motifs is 2. The first kappa shape index (κ1) is 24.2. The van der Waals surface area contributed by atoms with Gasteiger partial charge in [0.15, 0.2) is 0 Å². The Morgan fingerprint density at radius 1 is 0.947 bits per heavy atom. The largest absolute Gasteiger partial charge is 0.545 e. The van der Waals surface area contributed by atoms with Gasteiger partial charge in [0.05, 0.1) is 24.0 Å². The summed E-state index contributed by atoms with van der Waals surface area (Å²) < 4.78 is 14.3. The Balaban J connectivity index is 1.63. The van der Waals surface area contributed by atoms with Gasteiger partial charge in [-0.1, -0.05) is 6.07 Å². The van der Waals surface area contributed by atoms with Gasteiger partial charge in [0.2, 0.25) is 5.36 Å². The van der Waals surface area contributed by atoms with Gasteiger partial charge in [0.1, 0.15) is 30.0 Å². The van der Waals surface area contributed by atoms with Gasteiger partial charge in [0, 0.05) is 53.0 Å². The van der Waals surface area contributed by atoms with Crippen LogP contribution in [-0.4, -0.2) is 43.7 Å². The molecule has 7 heteroatoms. The van der Waals surface area contributed by atoms with Gasteiger partial charge < -0.3 is 24.0 Å². The number of carbonyl (C=O) groups excluding carboxylic acids is 2. The molecule has 0 N–H and O–H groups in total. The molecule has 38 heavy (non-hydrogen) atoms. The predicted molar refractivity (Wildman–Crippen MR) is 144 cm³/mol. The highest BCUT2D eigenvalue weighted by molar-refractivity contribution is 6.08. The lowest BCUT2D eigenvalue weighted by Gasteiger charge is -2.33. The zero-order chi connectivity index (χ0) is 26.6. The molecular weight excluding hydrogens is 480 g/mol. The van der Waals surface area contributed by atoms with E-state index in [4.69, 9.17) is 9.15 Å². The fraction of sp³-hybridized carbons (Fsp3) is 0.323. The molecule has 0 radical (unpaired) electrons. The number of anilines is 1. The summed E-state index contributed by atoms with van der Waals surface area (Å²) >= 11 is 0. The number of aromatic carboxylic acids is 1. The van der Waals surface area contributed by atoms with E-state index in [9.17, 15) is 14.7 Å². The average Bonchev–Trinajstić information content (AvgIpc) is 2.78. The van der Waals surface area contributed by atoms with Crippen LogP contribution in [0.2, 0.25) is 0 Å². The van der Waals surface area contributed by atoms with E-state index in [1.54, 1.807) is 26.8 Å². The number of carboxylic acid groups (broad SMARTS) is 1. The third-order valence-corrected chi connectivity index (χ3v) is 7.27. The number of nitrogens with zero attached hydrogens (tertiary/aromatic N) is 2. The number of hydrogen-bond acceptors (Lipinski definition) is 6. The highest BCUT2D eigenvalue weighted by Gasteiger charge is 2.25. The molecule has 0 unspecified atom stereocenters. The molecule has 0 bridgehead atoms. The number of carbonyl (C=O) groups is 2. The number of rotatable bonds is 4. The minimum atomic E-state index is -1.31. The van der Waals surface area contributed by atoms with Crippen LogP contribution in [0.5, 0.6) is 0 Å². The first-order valence-corrected chi connectivity index (χ1v) is 13.1. The van der Waals surface area contributed by atoms with Crippen LogP contribution in [0, 0.1) is 0 Å². The first-order valence-electron chi connectivity index (χ1n) is 13.1. The van der Waals surface area contributed by atoms with Crippen molar-refractivity contribution in [2.24, 2.45) is 0 Å². The van der Waals surface area contributed by atoms with Crippen molar-refractivity contribution in [3.05, 3.63) is 71.1 Å². The monoisotopic (exact) mass is 510 g/mol. The Morgan fingerprint density at radius 3 is 2.37 bits per heavy atom. The Hall–Kier alpha value is -4.13. The minimum Gasteiger partial charge on any atom is -0.545 e. The predicted octanol–water partition coefficient (Wildman–Crippen LogP) is 3.91. The highest BCUT2D eigenvalue weighted by Crippen LogP contribution is 2.42. The standard InChI is InChI=1S/C31H30N2O5/c1-31(2,3)38-30(36)19-6-9-22(29(34)35)25(16-19)28-23-10-7-20(32-12-4-13-32)17-26(23)37-27-18-21(8-11-24(27)28)33-14-5-15-33/h6-11,16-18H,4-5,12-15H2,1-3H3. The average molecular weight is 511 g/mol. The number of carboxylic acids is 1. The summed E-state index contributed by atoms with van der Waals surface area (Å²) in [5, 5.41) is 14.1. The van der Waals surface area contributed by atoms with Crippen LogP contribution in [0.4, 0.5) is 5.69 Å². The van der Waals surface area contributed by atoms with Crippen molar-refractivity contribution in [3.63, 3.8) is 0 Å². The molecule has 6 rings (SSSR count). The van der Waals surface area contributed by atoms with Crippen LogP contribution >= 0.6 is 0 Å². The Kier molecular flexibility index (Phi) is 5.74. The number of hydrogen-bond donors (Lipinski definition) is 0. The molecule has 0 aromatic heterocycles. The van der Waals surface area contributed by atoms with Crippen molar-refractivity contribution in [1.82, 2.24) is 4.58 Å². The number of benzene rings is 3. The lowest BCUT2D eigenvalue weighted by Crippen LogP contribution is -2.40. The summed E-state index contributed by atoms with van der Waals surface area (Å²) in [6.45, 7) is 9.39. The maximum absolute atomic E-state index is 13.0.